The second-order valence-corrected chi connectivity index (χ2v) is 13.7. The predicted octanol–water partition coefficient (Wildman–Crippen LogP) is 13.5. The Morgan fingerprint density at radius 3 is 0.604 bits per heavy atom. The van der Waals surface area contributed by atoms with E-state index in [0.29, 0.717) is 25.7 Å². The van der Waals surface area contributed by atoms with E-state index in [-0.39, 0.29) is 72.0 Å². The molecule has 0 aliphatic carbocycles. The average Bonchev–Trinajstić information content (AvgIpc) is 3.04. The number of aliphatic hydroxyl groups is 4. The Morgan fingerprint density at radius 2 is 0.472 bits per heavy atom. The first-order valence-electron chi connectivity index (χ1n) is 20.3. The molecule has 0 bridgehead atoms. The van der Waals surface area contributed by atoms with E-state index in [1.54, 1.807) is 0 Å². The topological polar surface area (TPSA) is 149 Å². The van der Waals surface area contributed by atoms with Gasteiger partial charge in [0, 0.05) is 75.8 Å². The summed E-state index contributed by atoms with van der Waals surface area (Å²) in [5.74, 6) is 0.593. The first-order chi connectivity index (χ1) is 24.7. The van der Waals surface area contributed by atoms with Crippen LogP contribution in [0.1, 0.15) is 209 Å². The van der Waals surface area contributed by atoms with Gasteiger partial charge in [-0.25, -0.2) is 0 Å². The largest absolute Gasteiger partial charge is 0.512 e. The summed E-state index contributed by atoms with van der Waals surface area (Å²) in [6.07, 6.45) is 30.6. The third kappa shape index (κ3) is 65.0. The molecule has 0 fully saturated rings. The van der Waals surface area contributed by atoms with Crippen molar-refractivity contribution in [3.8, 4) is 0 Å². The number of hydrogen-bond donors (Lipinski definition) is 4. The number of ketones is 4. The standard InChI is InChI=1S/4C11H20O2.Hf/c4*1-3-4-5-6-7-8-11(13)9-10(2)12;/h4*9,12H,3-8H2,1-2H3;/b4*10-9-;. The van der Waals surface area contributed by atoms with Crippen LogP contribution in [0.5, 0.6) is 0 Å². The average molecular weight is 916 g/mol. The minimum Gasteiger partial charge on any atom is -0.512 e. The van der Waals surface area contributed by atoms with Crippen molar-refractivity contribution in [3.63, 3.8) is 0 Å². The monoisotopic (exact) mass is 917 g/mol. The third-order valence-corrected chi connectivity index (χ3v) is 7.59. The van der Waals surface area contributed by atoms with Crippen molar-refractivity contribution in [1.29, 1.82) is 0 Å². The molecule has 0 aromatic rings. The second kappa shape index (κ2) is 47.7. The Bertz CT molecular complexity index is 835. The second-order valence-electron chi connectivity index (χ2n) is 13.7. The van der Waals surface area contributed by atoms with Gasteiger partial charge < -0.3 is 20.4 Å². The molecule has 0 heterocycles. The molecule has 308 valence electrons. The molecule has 0 spiro atoms. The van der Waals surface area contributed by atoms with Crippen molar-refractivity contribution in [2.24, 2.45) is 0 Å². The van der Waals surface area contributed by atoms with Crippen LogP contribution in [-0.4, -0.2) is 43.6 Å². The summed E-state index contributed by atoms with van der Waals surface area (Å²) in [7, 11) is 0. The van der Waals surface area contributed by atoms with Gasteiger partial charge in [-0.2, -0.15) is 0 Å². The molecule has 8 nitrogen and oxygen atoms in total. The summed E-state index contributed by atoms with van der Waals surface area (Å²) < 4.78 is 0. The van der Waals surface area contributed by atoms with Crippen LogP contribution >= 0.6 is 0 Å². The summed E-state index contributed by atoms with van der Waals surface area (Å²) in [6.45, 7) is 14.8. The Hall–Kier alpha value is -2.29. The fraction of sp³-hybridized carbons (Fsp3) is 0.727. The molecular weight excluding hydrogens is 835 g/mol. The normalized spacial score (nSPS) is 11.5. The molecule has 0 saturated carbocycles. The molecular formula is C44H80HfO8. The number of rotatable bonds is 28. The van der Waals surface area contributed by atoms with Gasteiger partial charge in [-0.15, -0.1) is 0 Å². The van der Waals surface area contributed by atoms with Gasteiger partial charge in [-0.3, -0.25) is 19.2 Å². The van der Waals surface area contributed by atoms with Crippen molar-refractivity contribution in [1.82, 2.24) is 0 Å². The summed E-state index contributed by atoms with van der Waals surface area (Å²) in [6, 6.07) is 0. The van der Waals surface area contributed by atoms with Crippen molar-refractivity contribution < 1.29 is 65.4 Å². The van der Waals surface area contributed by atoms with Gasteiger partial charge in [-0.1, -0.05) is 130 Å². The molecule has 0 aromatic carbocycles. The van der Waals surface area contributed by atoms with Crippen LogP contribution in [0.3, 0.4) is 0 Å². The van der Waals surface area contributed by atoms with E-state index < -0.39 is 0 Å². The zero-order valence-electron chi connectivity index (χ0n) is 35.2. The molecule has 0 unspecified atom stereocenters. The molecule has 0 atom stereocenters. The summed E-state index contributed by atoms with van der Waals surface area (Å²) in [5.41, 5.74) is 0. The molecule has 4 N–H and O–H groups in total. The van der Waals surface area contributed by atoms with E-state index in [9.17, 15) is 19.2 Å². The number of allylic oxidation sites excluding steroid dienone is 8. The minimum absolute atomic E-state index is 0. The van der Waals surface area contributed by atoms with Crippen molar-refractivity contribution in [2.75, 3.05) is 0 Å². The molecule has 0 aliphatic rings. The van der Waals surface area contributed by atoms with Gasteiger partial charge in [0.05, 0.1) is 23.0 Å². The maximum atomic E-state index is 11.0. The van der Waals surface area contributed by atoms with E-state index in [0.717, 1.165) is 51.4 Å². The van der Waals surface area contributed by atoms with E-state index in [4.69, 9.17) is 20.4 Å². The summed E-state index contributed by atoms with van der Waals surface area (Å²) in [4.78, 5) is 44.2. The summed E-state index contributed by atoms with van der Waals surface area (Å²) >= 11 is 0. The zero-order valence-corrected chi connectivity index (χ0v) is 38.8. The van der Waals surface area contributed by atoms with E-state index in [1.807, 2.05) is 0 Å². The van der Waals surface area contributed by atoms with Gasteiger partial charge in [0.25, 0.3) is 0 Å². The number of carbonyl (C=O) groups excluding carboxylic acids is 4. The number of aliphatic hydroxyl groups excluding tert-OH is 4. The Balaban J connectivity index is -0.000000192. The number of carbonyl (C=O) groups is 4. The van der Waals surface area contributed by atoms with E-state index in [1.165, 1.54) is 129 Å². The molecule has 53 heavy (non-hydrogen) atoms. The molecule has 0 aromatic heterocycles. The molecule has 9 heteroatoms. The van der Waals surface area contributed by atoms with Crippen molar-refractivity contribution >= 4 is 23.1 Å². The Labute approximate surface area is 343 Å². The third-order valence-electron chi connectivity index (χ3n) is 7.59. The van der Waals surface area contributed by atoms with Crippen LogP contribution in [0.15, 0.2) is 47.3 Å². The number of hydrogen-bond acceptors (Lipinski definition) is 8. The Kier molecular flexibility index (Phi) is 54.0. The molecule has 0 saturated heterocycles. The number of unbranched alkanes of at least 4 members (excludes halogenated alkanes) is 16. The SMILES string of the molecule is CCCCCCCC(=O)/C=C(/C)O.CCCCCCCC(=O)/C=C(/C)O.CCCCCCCC(=O)/C=C(/C)O.CCCCCCCC(=O)/C=C(/C)O.[Hf]. The predicted molar refractivity (Wildman–Crippen MR) is 219 cm³/mol. The van der Waals surface area contributed by atoms with Gasteiger partial charge in [0.1, 0.15) is 0 Å². The van der Waals surface area contributed by atoms with Gasteiger partial charge in [-0.05, 0) is 53.4 Å². The molecule has 0 amide bonds. The maximum Gasteiger partial charge on any atom is 0.159 e. The molecule has 0 aliphatic heterocycles. The summed E-state index contributed by atoms with van der Waals surface area (Å²) in [5, 5.41) is 35.2. The Morgan fingerprint density at radius 1 is 0.321 bits per heavy atom. The van der Waals surface area contributed by atoms with Crippen LogP contribution in [0, 0.1) is 0 Å². The quantitative estimate of drug-likeness (QED) is 0.0262. The first-order valence-corrected chi connectivity index (χ1v) is 20.3. The zero-order chi connectivity index (χ0) is 40.4. The van der Waals surface area contributed by atoms with E-state index in [2.05, 4.69) is 27.7 Å². The van der Waals surface area contributed by atoms with Crippen LogP contribution in [-0.2, 0) is 45.0 Å². The van der Waals surface area contributed by atoms with Gasteiger partial charge >= 0.3 is 0 Å². The van der Waals surface area contributed by atoms with Crippen LogP contribution < -0.4 is 0 Å². The van der Waals surface area contributed by atoms with Gasteiger partial charge in [0.15, 0.2) is 23.1 Å². The van der Waals surface area contributed by atoms with E-state index >= 15 is 0 Å². The van der Waals surface area contributed by atoms with Crippen molar-refractivity contribution in [3.05, 3.63) is 47.3 Å². The molecule has 0 radical (unpaired) electrons. The maximum absolute atomic E-state index is 11.0. The fourth-order valence-electron chi connectivity index (χ4n) is 4.83. The smallest absolute Gasteiger partial charge is 0.159 e. The van der Waals surface area contributed by atoms with Crippen LogP contribution in [0.4, 0.5) is 0 Å². The first kappa shape index (κ1) is 60.0. The minimum atomic E-state index is 0. The van der Waals surface area contributed by atoms with Gasteiger partial charge in [0.2, 0.25) is 0 Å². The van der Waals surface area contributed by atoms with Crippen LogP contribution in [0.25, 0.3) is 0 Å². The van der Waals surface area contributed by atoms with Crippen molar-refractivity contribution in [2.45, 2.75) is 209 Å². The fourth-order valence-corrected chi connectivity index (χ4v) is 4.83. The van der Waals surface area contributed by atoms with Crippen LogP contribution in [0.2, 0.25) is 0 Å². The molecule has 0 rings (SSSR count).